The van der Waals surface area contributed by atoms with Crippen LogP contribution in [0, 0.1) is 5.41 Å². The van der Waals surface area contributed by atoms with Gasteiger partial charge in [-0.05, 0) is 31.1 Å². The van der Waals surface area contributed by atoms with Gasteiger partial charge in [-0.25, -0.2) is 0 Å². The zero-order chi connectivity index (χ0) is 9.03. The van der Waals surface area contributed by atoms with E-state index in [4.69, 9.17) is 9.84 Å². The van der Waals surface area contributed by atoms with E-state index < -0.39 is 0 Å². The van der Waals surface area contributed by atoms with Gasteiger partial charge in [0.2, 0.25) is 0 Å². The van der Waals surface area contributed by atoms with Crippen LogP contribution in [-0.4, -0.2) is 24.4 Å². The molecule has 1 aliphatic heterocycles. The lowest BCUT2D eigenvalue weighted by Crippen LogP contribution is -2.28. The Hall–Kier alpha value is -0.0800. The van der Waals surface area contributed by atoms with E-state index in [0.717, 1.165) is 13.0 Å². The van der Waals surface area contributed by atoms with Gasteiger partial charge in [0.1, 0.15) is 0 Å². The van der Waals surface area contributed by atoms with Crippen molar-refractivity contribution < 1.29 is 9.84 Å². The molecule has 0 spiro atoms. The van der Waals surface area contributed by atoms with Crippen molar-refractivity contribution in [3.8, 4) is 0 Å². The molecule has 1 rings (SSSR count). The molecule has 12 heavy (non-hydrogen) atoms. The van der Waals surface area contributed by atoms with Gasteiger partial charge in [0.05, 0.1) is 6.10 Å². The Balaban J connectivity index is 2.28. The zero-order valence-corrected chi connectivity index (χ0v) is 8.18. The van der Waals surface area contributed by atoms with E-state index in [1.807, 2.05) is 0 Å². The number of hydrogen-bond donors (Lipinski definition) is 1. The zero-order valence-electron chi connectivity index (χ0n) is 8.18. The number of ether oxygens (including phenoxy) is 1. The summed E-state index contributed by atoms with van der Waals surface area (Å²) in [4.78, 5) is 0. The molecule has 0 radical (unpaired) electrons. The predicted molar refractivity (Wildman–Crippen MR) is 49.1 cm³/mol. The highest BCUT2D eigenvalue weighted by Gasteiger charge is 2.24. The number of rotatable bonds is 3. The van der Waals surface area contributed by atoms with E-state index in [1.54, 1.807) is 0 Å². The van der Waals surface area contributed by atoms with Gasteiger partial charge < -0.3 is 9.84 Å². The van der Waals surface area contributed by atoms with Crippen molar-refractivity contribution >= 4 is 0 Å². The van der Waals surface area contributed by atoms with Crippen LogP contribution in [0.5, 0.6) is 0 Å². The Kier molecular flexibility index (Phi) is 3.53. The van der Waals surface area contributed by atoms with Crippen molar-refractivity contribution in [2.45, 2.75) is 45.6 Å². The molecule has 1 saturated heterocycles. The molecule has 72 valence electrons. The Labute approximate surface area is 74.9 Å². The third-order valence-electron chi connectivity index (χ3n) is 2.48. The van der Waals surface area contributed by atoms with E-state index in [1.165, 1.54) is 19.3 Å². The maximum absolute atomic E-state index is 9.07. The highest BCUT2D eigenvalue weighted by atomic mass is 16.5. The van der Waals surface area contributed by atoms with Gasteiger partial charge in [-0.15, -0.1) is 0 Å². The molecule has 0 aromatic heterocycles. The molecule has 1 unspecified atom stereocenters. The molecule has 1 heterocycles. The fraction of sp³-hybridized carbons (Fsp3) is 1.00. The van der Waals surface area contributed by atoms with Crippen LogP contribution in [0.4, 0.5) is 0 Å². The number of aliphatic hydroxyl groups excluding tert-OH is 1. The molecule has 0 saturated carbocycles. The molecule has 1 atom stereocenters. The summed E-state index contributed by atoms with van der Waals surface area (Å²) in [6, 6.07) is 0. The minimum atomic E-state index is 0.0298. The van der Waals surface area contributed by atoms with Crippen LogP contribution in [0.1, 0.15) is 39.5 Å². The fourth-order valence-electron chi connectivity index (χ4n) is 1.65. The van der Waals surface area contributed by atoms with Crippen LogP contribution >= 0.6 is 0 Å². The molecule has 0 aliphatic carbocycles. The summed E-state index contributed by atoms with van der Waals surface area (Å²) in [6.07, 6.45) is 5.04. The Bertz CT molecular complexity index is 126. The van der Waals surface area contributed by atoms with Gasteiger partial charge in [0, 0.05) is 13.2 Å². The second kappa shape index (κ2) is 4.24. The predicted octanol–water partition coefficient (Wildman–Crippen LogP) is 1.96. The summed E-state index contributed by atoms with van der Waals surface area (Å²) >= 11 is 0. The van der Waals surface area contributed by atoms with E-state index >= 15 is 0 Å². The lowest BCUT2D eigenvalue weighted by molar-refractivity contribution is -0.0195. The largest absolute Gasteiger partial charge is 0.396 e. The highest BCUT2D eigenvalue weighted by Crippen LogP contribution is 2.27. The summed E-state index contributed by atoms with van der Waals surface area (Å²) in [6.45, 7) is 5.34. The first kappa shape index (κ1) is 10.0. The molecule has 2 nitrogen and oxygen atoms in total. The van der Waals surface area contributed by atoms with Crippen molar-refractivity contribution in [2.24, 2.45) is 5.41 Å². The Morgan fingerprint density at radius 1 is 1.42 bits per heavy atom. The van der Waals surface area contributed by atoms with E-state index in [0.29, 0.717) is 6.10 Å². The first-order valence-corrected chi connectivity index (χ1v) is 4.86. The third-order valence-corrected chi connectivity index (χ3v) is 2.48. The van der Waals surface area contributed by atoms with Crippen LogP contribution in [0.25, 0.3) is 0 Å². The maximum atomic E-state index is 9.07. The van der Waals surface area contributed by atoms with Crippen molar-refractivity contribution in [1.82, 2.24) is 0 Å². The summed E-state index contributed by atoms with van der Waals surface area (Å²) in [7, 11) is 0. The van der Waals surface area contributed by atoms with Gasteiger partial charge in [-0.2, -0.15) is 0 Å². The summed E-state index contributed by atoms with van der Waals surface area (Å²) in [5, 5.41) is 9.07. The summed E-state index contributed by atoms with van der Waals surface area (Å²) in [5.74, 6) is 0. The smallest absolute Gasteiger partial charge is 0.0581 e. The van der Waals surface area contributed by atoms with Gasteiger partial charge in [0.25, 0.3) is 0 Å². The molecule has 0 amide bonds. The van der Waals surface area contributed by atoms with Crippen LogP contribution < -0.4 is 0 Å². The Morgan fingerprint density at radius 3 is 2.67 bits per heavy atom. The average Bonchev–Trinajstić information content (AvgIpc) is 2.06. The molecule has 0 bridgehead atoms. The lowest BCUT2D eigenvalue weighted by atomic mass is 9.85. The SMILES string of the molecule is CC(C)(CO)CC1CCCCO1. The van der Waals surface area contributed by atoms with Crippen molar-refractivity contribution in [3.05, 3.63) is 0 Å². The first-order chi connectivity index (χ1) is 5.64. The monoisotopic (exact) mass is 172 g/mol. The molecule has 2 heteroatoms. The van der Waals surface area contributed by atoms with Gasteiger partial charge in [0.15, 0.2) is 0 Å². The summed E-state index contributed by atoms with van der Waals surface area (Å²) < 4.78 is 5.60. The minimum absolute atomic E-state index is 0.0298. The van der Waals surface area contributed by atoms with E-state index in [9.17, 15) is 0 Å². The van der Waals surface area contributed by atoms with Gasteiger partial charge in [-0.3, -0.25) is 0 Å². The number of aliphatic hydroxyl groups is 1. The van der Waals surface area contributed by atoms with Crippen LogP contribution in [0.15, 0.2) is 0 Å². The van der Waals surface area contributed by atoms with Crippen molar-refractivity contribution in [2.75, 3.05) is 13.2 Å². The Morgan fingerprint density at radius 2 is 2.17 bits per heavy atom. The van der Waals surface area contributed by atoms with Crippen LogP contribution in [0.2, 0.25) is 0 Å². The van der Waals surface area contributed by atoms with Crippen LogP contribution in [0.3, 0.4) is 0 Å². The minimum Gasteiger partial charge on any atom is -0.396 e. The number of hydrogen-bond acceptors (Lipinski definition) is 2. The molecular weight excluding hydrogens is 152 g/mol. The van der Waals surface area contributed by atoms with E-state index in [-0.39, 0.29) is 12.0 Å². The van der Waals surface area contributed by atoms with Crippen molar-refractivity contribution in [3.63, 3.8) is 0 Å². The first-order valence-electron chi connectivity index (χ1n) is 4.86. The molecule has 1 fully saturated rings. The second-order valence-electron chi connectivity index (χ2n) is 4.52. The fourth-order valence-corrected chi connectivity index (χ4v) is 1.65. The highest BCUT2D eigenvalue weighted by molar-refractivity contribution is 4.74. The average molecular weight is 172 g/mol. The molecule has 0 aromatic carbocycles. The van der Waals surface area contributed by atoms with Gasteiger partial charge >= 0.3 is 0 Å². The summed E-state index contributed by atoms with van der Waals surface area (Å²) in [5.41, 5.74) is 0.0298. The van der Waals surface area contributed by atoms with Crippen molar-refractivity contribution in [1.29, 1.82) is 0 Å². The second-order valence-corrected chi connectivity index (χ2v) is 4.52. The molecule has 0 aromatic rings. The maximum Gasteiger partial charge on any atom is 0.0581 e. The standard InChI is InChI=1S/C10H20O2/c1-10(2,8-11)7-9-5-3-4-6-12-9/h9,11H,3-8H2,1-2H3. The topological polar surface area (TPSA) is 29.5 Å². The lowest BCUT2D eigenvalue weighted by Gasteiger charge is -2.30. The molecule has 1 aliphatic rings. The van der Waals surface area contributed by atoms with E-state index in [2.05, 4.69) is 13.8 Å². The van der Waals surface area contributed by atoms with Gasteiger partial charge in [-0.1, -0.05) is 13.8 Å². The van der Waals surface area contributed by atoms with Crippen LogP contribution in [-0.2, 0) is 4.74 Å². The molecule has 1 N–H and O–H groups in total. The molecular formula is C10H20O2. The quantitative estimate of drug-likeness (QED) is 0.705. The third kappa shape index (κ3) is 3.11. The normalized spacial score (nSPS) is 25.8.